The Kier molecular flexibility index (Phi) is 5.38. The monoisotopic (exact) mass is 326 g/mol. The number of nitrogens with zero attached hydrogens (tertiary/aromatic N) is 3. The lowest BCUT2D eigenvalue weighted by Gasteiger charge is -2.16. The number of rotatable bonds is 7. The maximum absolute atomic E-state index is 11.1. The number of aromatic carboxylic acids is 1. The van der Waals surface area contributed by atoms with Crippen LogP contribution in [0.4, 0.5) is 5.82 Å². The van der Waals surface area contributed by atoms with Crippen LogP contribution in [-0.2, 0) is 6.54 Å². The highest BCUT2D eigenvalue weighted by atomic mass is 16.4. The second kappa shape index (κ2) is 7.88. The Morgan fingerprint density at radius 2 is 2.17 bits per heavy atom. The van der Waals surface area contributed by atoms with Gasteiger partial charge in [0.25, 0.3) is 0 Å². The first-order valence-electron chi connectivity index (χ1n) is 8.26. The first-order valence-corrected chi connectivity index (χ1v) is 8.26. The molecule has 2 heterocycles. The van der Waals surface area contributed by atoms with Crippen molar-refractivity contribution in [2.45, 2.75) is 19.4 Å². The van der Waals surface area contributed by atoms with Crippen molar-refractivity contribution in [1.29, 1.82) is 0 Å². The summed E-state index contributed by atoms with van der Waals surface area (Å²) in [5, 5.41) is 12.3. The molecule has 2 aromatic rings. The Hall–Kier alpha value is -2.47. The quantitative estimate of drug-likeness (QED) is 0.814. The van der Waals surface area contributed by atoms with Crippen LogP contribution in [0.2, 0.25) is 0 Å². The Balaban J connectivity index is 1.44. The van der Waals surface area contributed by atoms with E-state index in [0.29, 0.717) is 11.7 Å². The zero-order valence-corrected chi connectivity index (χ0v) is 13.6. The van der Waals surface area contributed by atoms with E-state index in [1.807, 2.05) is 6.07 Å². The third-order valence-electron chi connectivity index (χ3n) is 4.41. The van der Waals surface area contributed by atoms with E-state index in [2.05, 4.69) is 44.5 Å². The van der Waals surface area contributed by atoms with Gasteiger partial charge >= 0.3 is 5.97 Å². The third-order valence-corrected chi connectivity index (χ3v) is 4.41. The molecule has 0 spiro atoms. The lowest BCUT2D eigenvalue weighted by molar-refractivity contribution is 0.0697. The van der Waals surface area contributed by atoms with E-state index in [-0.39, 0.29) is 5.56 Å². The standard InChI is InChI=1S/C18H22N4O2/c23-18(24)16-10-19-13-21-17(16)20-8-6-15-7-9-22(12-15)11-14-4-2-1-3-5-14/h1-5,10,13,15H,6-9,11-12H2,(H,23,24)(H,19,20,21). The highest BCUT2D eigenvalue weighted by Gasteiger charge is 2.22. The van der Waals surface area contributed by atoms with E-state index < -0.39 is 5.97 Å². The zero-order chi connectivity index (χ0) is 16.8. The van der Waals surface area contributed by atoms with Crippen molar-refractivity contribution in [1.82, 2.24) is 14.9 Å². The highest BCUT2D eigenvalue weighted by molar-refractivity contribution is 5.92. The summed E-state index contributed by atoms with van der Waals surface area (Å²) in [5.74, 6) is 0.0287. The molecule has 0 radical (unpaired) electrons. The van der Waals surface area contributed by atoms with Gasteiger partial charge in [0.2, 0.25) is 0 Å². The van der Waals surface area contributed by atoms with Gasteiger partial charge in [-0.3, -0.25) is 4.90 Å². The summed E-state index contributed by atoms with van der Waals surface area (Å²) in [5.41, 5.74) is 1.47. The molecule has 1 aromatic carbocycles. The smallest absolute Gasteiger partial charge is 0.341 e. The number of benzene rings is 1. The summed E-state index contributed by atoms with van der Waals surface area (Å²) in [6, 6.07) is 10.5. The van der Waals surface area contributed by atoms with Crippen LogP contribution in [0.5, 0.6) is 0 Å². The third kappa shape index (κ3) is 4.29. The highest BCUT2D eigenvalue weighted by Crippen LogP contribution is 2.21. The van der Waals surface area contributed by atoms with Crippen molar-refractivity contribution in [3.63, 3.8) is 0 Å². The molecule has 1 aromatic heterocycles. The van der Waals surface area contributed by atoms with Gasteiger partial charge in [0.1, 0.15) is 17.7 Å². The topological polar surface area (TPSA) is 78.3 Å². The van der Waals surface area contributed by atoms with Gasteiger partial charge in [-0.15, -0.1) is 0 Å². The Morgan fingerprint density at radius 1 is 1.33 bits per heavy atom. The minimum atomic E-state index is -1.01. The van der Waals surface area contributed by atoms with Gasteiger partial charge in [0, 0.05) is 25.8 Å². The lowest BCUT2D eigenvalue weighted by atomic mass is 10.1. The number of hydrogen-bond donors (Lipinski definition) is 2. The Morgan fingerprint density at radius 3 is 2.96 bits per heavy atom. The Labute approximate surface area is 141 Å². The molecule has 6 nitrogen and oxygen atoms in total. The number of carboxylic acid groups (broad SMARTS) is 1. The Bertz CT molecular complexity index is 678. The molecule has 24 heavy (non-hydrogen) atoms. The summed E-state index contributed by atoms with van der Waals surface area (Å²) in [6.45, 7) is 3.93. The molecule has 1 saturated heterocycles. The minimum absolute atomic E-state index is 0.120. The lowest BCUT2D eigenvalue weighted by Crippen LogP contribution is -2.21. The second-order valence-electron chi connectivity index (χ2n) is 6.18. The number of carbonyl (C=O) groups is 1. The molecule has 1 fully saturated rings. The molecule has 3 rings (SSSR count). The molecule has 0 aliphatic carbocycles. The zero-order valence-electron chi connectivity index (χ0n) is 13.6. The molecule has 0 saturated carbocycles. The van der Waals surface area contributed by atoms with E-state index in [1.54, 1.807) is 0 Å². The predicted octanol–water partition coefficient (Wildman–Crippen LogP) is 2.50. The van der Waals surface area contributed by atoms with E-state index in [0.717, 1.165) is 32.6 Å². The van der Waals surface area contributed by atoms with E-state index in [1.165, 1.54) is 24.5 Å². The molecule has 2 N–H and O–H groups in total. The first kappa shape index (κ1) is 16.4. The summed E-state index contributed by atoms with van der Waals surface area (Å²) in [6.07, 6.45) is 4.89. The van der Waals surface area contributed by atoms with Crippen LogP contribution in [0.15, 0.2) is 42.9 Å². The van der Waals surface area contributed by atoms with Crippen LogP contribution in [0.25, 0.3) is 0 Å². The molecule has 1 atom stereocenters. The van der Waals surface area contributed by atoms with Crippen LogP contribution in [0, 0.1) is 5.92 Å². The van der Waals surface area contributed by atoms with Crippen LogP contribution in [0.1, 0.15) is 28.8 Å². The van der Waals surface area contributed by atoms with Crippen molar-refractivity contribution in [2.75, 3.05) is 25.0 Å². The van der Waals surface area contributed by atoms with E-state index in [9.17, 15) is 4.79 Å². The SMILES string of the molecule is O=C(O)c1cncnc1NCCC1CCN(Cc2ccccc2)C1. The number of anilines is 1. The summed E-state index contributed by atoms with van der Waals surface area (Å²) in [4.78, 5) is 21.4. The number of nitrogens with one attached hydrogen (secondary N) is 1. The van der Waals surface area contributed by atoms with Crippen molar-refractivity contribution in [3.05, 3.63) is 54.0 Å². The summed E-state index contributed by atoms with van der Waals surface area (Å²) < 4.78 is 0. The van der Waals surface area contributed by atoms with Crippen LogP contribution >= 0.6 is 0 Å². The number of carboxylic acids is 1. The van der Waals surface area contributed by atoms with Crippen LogP contribution in [0.3, 0.4) is 0 Å². The van der Waals surface area contributed by atoms with Gasteiger partial charge in [-0.25, -0.2) is 14.8 Å². The maximum atomic E-state index is 11.1. The van der Waals surface area contributed by atoms with Crippen molar-refractivity contribution in [3.8, 4) is 0 Å². The van der Waals surface area contributed by atoms with Gasteiger partial charge in [0.05, 0.1) is 0 Å². The average Bonchev–Trinajstić information content (AvgIpc) is 3.03. The molecule has 126 valence electrons. The number of likely N-dealkylation sites (tertiary alicyclic amines) is 1. The molecule has 6 heteroatoms. The summed E-state index contributed by atoms with van der Waals surface area (Å²) >= 11 is 0. The van der Waals surface area contributed by atoms with Gasteiger partial charge in [0.15, 0.2) is 0 Å². The molecular formula is C18H22N4O2. The van der Waals surface area contributed by atoms with Gasteiger partial charge < -0.3 is 10.4 Å². The number of aromatic nitrogens is 2. The second-order valence-corrected chi connectivity index (χ2v) is 6.18. The molecule has 1 aliphatic rings. The van der Waals surface area contributed by atoms with Crippen molar-refractivity contribution >= 4 is 11.8 Å². The molecular weight excluding hydrogens is 304 g/mol. The molecule has 0 bridgehead atoms. The predicted molar refractivity (Wildman–Crippen MR) is 91.9 cm³/mol. The molecule has 0 amide bonds. The van der Waals surface area contributed by atoms with Crippen molar-refractivity contribution < 1.29 is 9.90 Å². The molecule has 1 unspecified atom stereocenters. The summed E-state index contributed by atoms with van der Waals surface area (Å²) in [7, 11) is 0. The largest absolute Gasteiger partial charge is 0.477 e. The van der Waals surface area contributed by atoms with E-state index >= 15 is 0 Å². The minimum Gasteiger partial charge on any atom is -0.477 e. The van der Waals surface area contributed by atoms with Gasteiger partial charge in [-0.2, -0.15) is 0 Å². The molecule has 1 aliphatic heterocycles. The van der Waals surface area contributed by atoms with Gasteiger partial charge in [-0.05, 0) is 30.9 Å². The fourth-order valence-corrected chi connectivity index (χ4v) is 3.16. The fourth-order valence-electron chi connectivity index (χ4n) is 3.16. The van der Waals surface area contributed by atoms with Crippen LogP contribution in [-0.4, -0.2) is 45.6 Å². The normalized spacial score (nSPS) is 17.8. The van der Waals surface area contributed by atoms with Crippen LogP contribution < -0.4 is 5.32 Å². The van der Waals surface area contributed by atoms with Crippen molar-refractivity contribution in [2.24, 2.45) is 5.92 Å². The van der Waals surface area contributed by atoms with E-state index in [4.69, 9.17) is 5.11 Å². The fraction of sp³-hybridized carbons (Fsp3) is 0.389. The average molecular weight is 326 g/mol. The maximum Gasteiger partial charge on any atom is 0.341 e. The number of hydrogen-bond acceptors (Lipinski definition) is 5. The first-order chi connectivity index (χ1) is 11.7. The van der Waals surface area contributed by atoms with Gasteiger partial charge in [-0.1, -0.05) is 30.3 Å².